The fraction of sp³-hybridized carbons (Fsp3) is 0.364. The topological polar surface area (TPSA) is 59.3 Å². The molecule has 8 heteroatoms. The largest absolute Gasteiger partial charge is 0.389 e. The van der Waals surface area contributed by atoms with Gasteiger partial charge in [0.25, 0.3) is 0 Å². The second-order valence-corrected chi connectivity index (χ2v) is 3.95. The third-order valence-electron chi connectivity index (χ3n) is 2.46. The average Bonchev–Trinajstić information content (AvgIpc) is 2.76. The van der Waals surface area contributed by atoms with Crippen LogP contribution in [-0.2, 0) is 11.3 Å². The van der Waals surface area contributed by atoms with E-state index in [1.165, 1.54) is 10.7 Å². The van der Waals surface area contributed by atoms with Gasteiger partial charge in [-0.3, -0.25) is 4.79 Å². The Hall–Kier alpha value is -2.12. The fourth-order valence-corrected chi connectivity index (χ4v) is 1.54. The van der Waals surface area contributed by atoms with Crippen LogP contribution in [0.25, 0.3) is 5.65 Å². The van der Waals surface area contributed by atoms with Crippen molar-refractivity contribution in [1.82, 2.24) is 19.9 Å². The lowest BCUT2D eigenvalue weighted by molar-refractivity contribution is -0.144. The van der Waals surface area contributed by atoms with Gasteiger partial charge in [-0.15, -0.1) is 0 Å². The number of carbonyl (C=O) groups excluding carboxylic acids is 1. The molecule has 0 atom stereocenters. The predicted octanol–water partition coefficient (Wildman–Crippen LogP) is 1.69. The van der Waals surface area contributed by atoms with Crippen molar-refractivity contribution in [3.8, 4) is 0 Å². The van der Waals surface area contributed by atoms with Crippen molar-refractivity contribution in [2.24, 2.45) is 0 Å². The summed E-state index contributed by atoms with van der Waals surface area (Å²) in [5.74, 6) is -0.646. The molecule has 0 fully saturated rings. The van der Waals surface area contributed by atoms with Gasteiger partial charge in [0.15, 0.2) is 5.65 Å². The Kier molecular flexibility index (Phi) is 3.68. The summed E-state index contributed by atoms with van der Waals surface area (Å²) in [4.78, 5) is 15.3. The van der Waals surface area contributed by atoms with Gasteiger partial charge in [-0.05, 0) is 6.07 Å². The fourth-order valence-electron chi connectivity index (χ4n) is 1.54. The van der Waals surface area contributed by atoms with Crippen LogP contribution in [0, 0.1) is 0 Å². The van der Waals surface area contributed by atoms with Gasteiger partial charge in [-0.2, -0.15) is 18.3 Å². The lowest BCUT2D eigenvalue weighted by atomic mass is 10.2. The summed E-state index contributed by atoms with van der Waals surface area (Å²) >= 11 is 0. The minimum atomic E-state index is -4.32. The average molecular weight is 272 g/mol. The van der Waals surface area contributed by atoms with Crippen LogP contribution in [-0.4, -0.2) is 26.7 Å². The number of hydrogen-bond donors (Lipinski definition) is 1. The van der Waals surface area contributed by atoms with Crippen LogP contribution in [0.2, 0.25) is 0 Å². The van der Waals surface area contributed by atoms with Crippen LogP contribution < -0.4 is 5.32 Å². The molecule has 0 saturated carbocycles. The Morgan fingerprint density at radius 2 is 2.21 bits per heavy atom. The predicted molar refractivity (Wildman–Crippen MR) is 60.1 cm³/mol. The number of halogens is 3. The van der Waals surface area contributed by atoms with E-state index < -0.39 is 24.9 Å². The van der Waals surface area contributed by atoms with E-state index in [1.807, 2.05) is 0 Å². The Labute approximate surface area is 106 Å². The molecule has 19 heavy (non-hydrogen) atoms. The lowest BCUT2D eigenvalue weighted by Crippen LogP contribution is -2.24. The molecular formula is C11H11F3N4O. The highest BCUT2D eigenvalue weighted by Gasteiger charge is 2.27. The first kappa shape index (κ1) is 13.3. The zero-order chi connectivity index (χ0) is 13.9. The van der Waals surface area contributed by atoms with Crippen molar-refractivity contribution in [2.45, 2.75) is 25.6 Å². The van der Waals surface area contributed by atoms with Crippen molar-refractivity contribution >= 4 is 11.6 Å². The van der Waals surface area contributed by atoms with Gasteiger partial charge in [-0.25, -0.2) is 9.50 Å². The second-order valence-electron chi connectivity index (χ2n) is 3.95. The van der Waals surface area contributed by atoms with E-state index in [-0.39, 0.29) is 6.54 Å². The molecule has 0 aromatic carbocycles. The van der Waals surface area contributed by atoms with Gasteiger partial charge in [0.2, 0.25) is 5.91 Å². The molecule has 0 saturated heterocycles. The monoisotopic (exact) mass is 272 g/mol. The van der Waals surface area contributed by atoms with Crippen LogP contribution in [0.15, 0.2) is 24.7 Å². The molecule has 2 aromatic rings. The van der Waals surface area contributed by atoms with Crippen molar-refractivity contribution in [3.63, 3.8) is 0 Å². The Balaban J connectivity index is 1.90. The van der Waals surface area contributed by atoms with E-state index in [1.54, 1.807) is 18.5 Å². The highest BCUT2D eigenvalue weighted by atomic mass is 19.4. The van der Waals surface area contributed by atoms with Crippen LogP contribution in [0.1, 0.15) is 18.4 Å². The summed E-state index contributed by atoms with van der Waals surface area (Å²) in [6.07, 6.45) is -1.22. The molecular weight excluding hydrogens is 261 g/mol. The SMILES string of the molecule is O=C(CCC(F)(F)F)NCc1cnn2cccnc12. The van der Waals surface area contributed by atoms with Gasteiger partial charge in [-0.1, -0.05) is 0 Å². The lowest BCUT2D eigenvalue weighted by Gasteiger charge is -2.06. The van der Waals surface area contributed by atoms with Gasteiger partial charge in [0.1, 0.15) is 0 Å². The molecule has 0 bridgehead atoms. The molecule has 1 N–H and O–H groups in total. The Bertz CT molecular complexity index is 579. The minimum absolute atomic E-state index is 0.108. The van der Waals surface area contributed by atoms with Crippen molar-refractivity contribution in [1.29, 1.82) is 0 Å². The number of nitrogens with zero attached hydrogens (tertiary/aromatic N) is 3. The van der Waals surface area contributed by atoms with Crippen LogP contribution in [0.4, 0.5) is 13.2 Å². The second kappa shape index (κ2) is 5.25. The third-order valence-corrected chi connectivity index (χ3v) is 2.46. The van der Waals surface area contributed by atoms with Crippen molar-refractivity contribution in [3.05, 3.63) is 30.2 Å². The minimum Gasteiger partial charge on any atom is -0.352 e. The number of alkyl halides is 3. The molecule has 2 aromatic heterocycles. The number of amides is 1. The number of aromatic nitrogens is 3. The number of nitrogens with one attached hydrogen (secondary N) is 1. The molecule has 2 rings (SSSR count). The van der Waals surface area contributed by atoms with Gasteiger partial charge in [0, 0.05) is 30.9 Å². The van der Waals surface area contributed by atoms with E-state index in [4.69, 9.17) is 0 Å². The first-order chi connectivity index (χ1) is 8.96. The summed E-state index contributed by atoms with van der Waals surface area (Å²) in [5, 5.41) is 6.42. The first-order valence-corrected chi connectivity index (χ1v) is 5.56. The van der Waals surface area contributed by atoms with E-state index in [9.17, 15) is 18.0 Å². The standard InChI is InChI=1S/C11H11F3N4O/c12-11(13,14)3-2-9(19)16-6-8-7-17-18-5-1-4-15-10(8)18/h1,4-5,7H,2-3,6H2,(H,16,19). The highest BCUT2D eigenvalue weighted by Crippen LogP contribution is 2.21. The third kappa shape index (κ3) is 3.67. The molecule has 5 nitrogen and oxygen atoms in total. The molecule has 0 radical (unpaired) electrons. The smallest absolute Gasteiger partial charge is 0.352 e. The number of carbonyl (C=O) groups is 1. The maximum Gasteiger partial charge on any atom is 0.389 e. The summed E-state index contributed by atoms with van der Waals surface area (Å²) in [6.45, 7) is 0.108. The maximum atomic E-state index is 11.9. The van der Waals surface area contributed by atoms with Crippen molar-refractivity contribution in [2.75, 3.05) is 0 Å². The highest BCUT2D eigenvalue weighted by molar-refractivity contribution is 5.76. The van der Waals surface area contributed by atoms with Crippen molar-refractivity contribution < 1.29 is 18.0 Å². The van der Waals surface area contributed by atoms with Gasteiger partial charge >= 0.3 is 6.18 Å². The zero-order valence-electron chi connectivity index (χ0n) is 9.81. The molecule has 0 aliphatic heterocycles. The molecule has 0 aliphatic carbocycles. The Morgan fingerprint density at radius 3 is 2.95 bits per heavy atom. The molecule has 0 unspecified atom stereocenters. The van der Waals surface area contributed by atoms with Crippen LogP contribution in [0.5, 0.6) is 0 Å². The van der Waals surface area contributed by atoms with Gasteiger partial charge < -0.3 is 5.32 Å². The Morgan fingerprint density at radius 1 is 1.42 bits per heavy atom. The zero-order valence-corrected chi connectivity index (χ0v) is 9.81. The normalized spacial score (nSPS) is 11.7. The number of fused-ring (bicyclic) bond motifs is 1. The van der Waals surface area contributed by atoms with E-state index in [0.717, 1.165) is 0 Å². The van der Waals surface area contributed by atoms with E-state index in [0.29, 0.717) is 11.2 Å². The summed E-state index contributed by atoms with van der Waals surface area (Å²) < 4.78 is 37.3. The summed E-state index contributed by atoms with van der Waals surface area (Å²) in [6, 6.07) is 1.70. The number of hydrogen-bond acceptors (Lipinski definition) is 3. The van der Waals surface area contributed by atoms with Crippen LogP contribution >= 0.6 is 0 Å². The van der Waals surface area contributed by atoms with Crippen LogP contribution in [0.3, 0.4) is 0 Å². The molecule has 0 aliphatic rings. The maximum absolute atomic E-state index is 11.9. The molecule has 2 heterocycles. The molecule has 1 amide bonds. The number of rotatable bonds is 4. The first-order valence-electron chi connectivity index (χ1n) is 5.56. The summed E-state index contributed by atoms with van der Waals surface area (Å²) in [5.41, 5.74) is 1.22. The van der Waals surface area contributed by atoms with E-state index in [2.05, 4.69) is 15.4 Å². The van der Waals surface area contributed by atoms with Gasteiger partial charge in [0.05, 0.1) is 12.6 Å². The quantitative estimate of drug-likeness (QED) is 0.921. The van der Waals surface area contributed by atoms with E-state index >= 15 is 0 Å². The summed E-state index contributed by atoms with van der Waals surface area (Å²) in [7, 11) is 0. The molecule has 102 valence electrons. The molecule has 0 spiro atoms.